The van der Waals surface area contributed by atoms with Crippen molar-refractivity contribution in [1.82, 2.24) is 0 Å². The molecule has 4 heteroatoms. The SMILES string of the molecule is CC(C)C1(C(C)C)ON=C2C(C3CC[C@H]4C3=NOC4(C(C)C)C(C)C)CC[C@@H]21. The van der Waals surface area contributed by atoms with E-state index >= 15 is 0 Å². The Hall–Kier alpha value is -1.06. The second-order valence-electron chi connectivity index (χ2n) is 11.0. The molecule has 4 atom stereocenters. The first-order valence-electron chi connectivity index (χ1n) is 11.7. The van der Waals surface area contributed by atoms with E-state index < -0.39 is 0 Å². The predicted molar refractivity (Wildman–Crippen MR) is 114 cm³/mol. The van der Waals surface area contributed by atoms with Crippen molar-refractivity contribution in [3.63, 3.8) is 0 Å². The molecule has 0 aromatic heterocycles. The molecule has 4 rings (SSSR count). The van der Waals surface area contributed by atoms with Crippen LogP contribution in [0.3, 0.4) is 0 Å². The Kier molecular flexibility index (Phi) is 4.87. The summed E-state index contributed by atoms with van der Waals surface area (Å²) in [6.45, 7) is 18.4. The third kappa shape index (κ3) is 2.41. The monoisotopic (exact) mass is 388 g/mol. The largest absolute Gasteiger partial charge is 0.388 e. The van der Waals surface area contributed by atoms with E-state index in [1.54, 1.807) is 0 Å². The maximum atomic E-state index is 6.27. The van der Waals surface area contributed by atoms with E-state index in [1.807, 2.05) is 0 Å². The van der Waals surface area contributed by atoms with Crippen LogP contribution >= 0.6 is 0 Å². The minimum Gasteiger partial charge on any atom is -0.388 e. The molecule has 4 nitrogen and oxygen atoms in total. The van der Waals surface area contributed by atoms with Gasteiger partial charge < -0.3 is 9.68 Å². The molecule has 0 N–H and O–H groups in total. The lowest BCUT2D eigenvalue weighted by molar-refractivity contribution is -0.113. The van der Waals surface area contributed by atoms with Crippen molar-refractivity contribution >= 4 is 11.4 Å². The van der Waals surface area contributed by atoms with Crippen LogP contribution in [0, 0.1) is 47.3 Å². The number of hydrogen-bond acceptors (Lipinski definition) is 4. The van der Waals surface area contributed by atoms with Crippen molar-refractivity contribution in [2.24, 2.45) is 57.7 Å². The fraction of sp³-hybridized carbons (Fsp3) is 0.917. The summed E-state index contributed by atoms with van der Waals surface area (Å²) in [6, 6.07) is 0. The van der Waals surface area contributed by atoms with Crippen molar-refractivity contribution in [1.29, 1.82) is 0 Å². The first kappa shape index (κ1) is 20.2. The lowest BCUT2D eigenvalue weighted by Gasteiger charge is -2.39. The van der Waals surface area contributed by atoms with E-state index in [2.05, 4.69) is 55.4 Å². The normalized spacial score (nSPS) is 35.3. The summed E-state index contributed by atoms with van der Waals surface area (Å²) >= 11 is 0. The molecule has 2 heterocycles. The number of oxime groups is 2. The van der Waals surface area contributed by atoms with Crippen molar-refractivity contribution in [2.75, 3.05) is 0 Å². The molecular formula is C24H40N2O2. The smallest absolute Gasteiger partial charge is 0.150 e. The molecule has 0 aromatic rings. The Morgan fingerprint density at radius 1 is 0.607 bits per heavy atom. The van der Waals surface area contributed by atoms with Gasteiger partial charge in [0.25, 0.3) is 0 Å². The summed E-state index contributed by atoms with van der Waals surface area (Å²) in [5.74, 6) is 3.80. The lowest BCUT2D eigenvalue weighted by atomic mass is 9.68. The maximum Gasteiger partial charge on any atom is 0.150 e. The molecule has 2 fully saturated rings. The van der Waals surface area contributed by atoms with Gasteiger partial charge in [-0.15, -0.1) is 0 Å². The van der Waals surface area contributed by atoms with Crippen molar-refractivity contribution in [3.8, 4) is 0 Å². The quantitative estimate of drug-likeness (QED) is 0.587. The maximum absolute atomic E-state index is 6.27. The molecule has 0 amide bonds. The Bertz CT molecular complexity index is 602. The van der Waals surface area contributed by atoms with Crippen LogP contribution in [-0.2, 0) is 9.68 Å². The molecule has 158 valence electrons. The highest BCUT2D eigenvalue weighted by atomic mass is 16.7. The van der Waals surface area contributed by atoms with Gasteiger partial charge in [0.05, 0.1) is 11.4 Å². The molecule has 2 aliphatic heterocycles. The highest BCUT2D eigenvalue weighted by Crippen LogP contribution is 2.56. The topological polar surface area (TPSA) is 43.2 Å². The van der Waals surface area contributed by atoms with Gasteiger partial charge in [-0.2, -0.15) is 0 Å². The molecule has 0 bridgehead atoms. The standard InChI is InChI=1S/C24H40N2O2/c1-13(2)23(14(3)4)19-11-9-17(21(19)25-27-23)18-10-12-20-22(18)26-28-24(20,15(5)6)16(7)8/h13-20H,9-12H2,1-8H3/t17?,18?,19-,20-/m0/s1. The Morgan fingerprint density at radius 3 is 1.21 bits per heavy atom. The van der Waals surface area contributed by atoms with E-state index in [-0.39, 0.29) is 11.2 Å². The van der Waals surface area contributed by atoms with Gasteiger partial charge in [-0.25, -0.2) is 0 Å². The van der Waals surface area contributed by atoms with Crippen LogP contribution in [0.25, 0.3) is 0 Å². The molecule has 0 radical (unpaired) electrons. The van der Waals surface area contributed by atoms with Gasteiger partial charge in [-0.3, -0.25) is 0 Å². The van der Waals surface area contributed by atoms with Gasteiger partial charge in [0, 0.05) is 23.7 Å². The minimum atomic E-state index is -0.129. The minimum absolute atomic E-state index is 0.129. The first-order chi connectivity index (χ1) is 13.2. The van der Waals surface area contributed by atoms with Crippen LogP contribution in [0.2, 0.25) is 0 Å². The molecule has 2 unspecified atom stereocenters. The summed E-state index contributed by atoms with van der Waals surface area (Å²) in [5.41, 5.74) is 2.41. The first-order valence-corrected chi connectivity index (χ1v) is 11.7. The summed E-state index contributed by atoms with van der Waals surface area (Å²) in [6.07, 6.45) is 4.85. The second kappa shape index (κ2) is 6.74. The molecular weight excluding hydrogens is 348 g/mol. The average molecular weight is 389 g/mol. The fourth-order valence-electron chi connectivity index (χ4n) is 7.55. The number of nitrogens with zero attached hydrogens (tertiary/aromatic N) is 2. The van der Waals surface area contributed by atoms with E-state index in [1.165, 1.54) is 37.1 Å². The Balaban J connectivity index is 1.59. The second-order valence-corrected chi connectivity index (χ2v) is 11.0. The molecule has 2 saturated carbocycles. The van der Waals surface area contributed by atoms with Crippen LogP contribution < -0.4 is 0 Å². The molecule has 4 aliphatic rings. The fourth-order valence-corrected chi connectivity index (χ4v) is 7.55. The van der Waals surface area contributed by atoms with Gasteiger partial charge in [0.2, 0.25) is 0 Å². The molecule has 0 spiro atoms. The third-order valence-electron chi connectivity index (χ3n) is 8.81. The van der Waals surface area contributed by atoms with Gasteiger partial charge >= 0.3 is 0 Å². The van der Waals surface area contributed by atoms with Crippen LogP contribution in [0.4, 0.5) is 0 Å². The summed E-state index contributed by atoms with van der Waals surface area (Å²) in [5, 5.41) is 9.52. The van der Waals surface area contributed by atoms with Crippen molar-refractivity contribution in [3.05, 3.63) is 0 Å². The van der Waals surface area contributed by atoms with Crippen molar-refractivity contribution < 1.29 is 9.68 Å². The van der Waals surface area contributed by atoms with E-state index in [9.17, 15) is 0 Å². The zero-order chi connectivity index (χ0) is 20.4. The van der Waals surface area contributed by atoms with Gasteiger partial charge in [0.1, 0.15) is 11.2 Å². The number of rotatable bonds is 5. The third-order valence-corrected chi connectivity index (χ3v) is 8.81. The van der Waals surface area contributed by atoms with E-state index in [0.29, 0.717) is 47.3 Å². The summed E-state index contributed by atoms with van der Waals surface area (Å²) < 4.78 is 0. The van der Waals surface area contributed by atoms with Crippen molar-refractivity contribution in [2.45, 2.75) is 92.3 Å². The summed E-state index contributed by atoms with van der Waals surface area (Å²) in [7, 11) is 0. The van der Waals surface area contributed by atoms with Gasteiger partial charge in [-0.1, -0.05) is 65.7 Å². The Morgan fingerprint density at radius 2 is 0.929 bits per heavy atom. The van der Waals surface area contributed by atoms with Crippen LogP contribution in [0.5, 0.6) is 0 Å². The highest BCUT2D eigenvalue weighted by Gasteiger charge is 2.62. The zero-order valence-electron chi connectivity index (χ0n) is 19.2. The van der Waals surface area contributed by atoms with Gasteiger partial charge in [-0.05, 0) is 49.4 Å². The molecule has 28 heavy (non-hydrogen) atoms. The van der Waals surface area contributed by atoms with Crippen LogP contribution in [0.15, 0.2) is 10.3 Å². The zero-order valence-corrected chi connectivity index (χ0v) is 19.2. The van der Waals surface area contributed by atoms with E-state index in [0.717, 1.165) is 0 Å². The number of hydrogen-bond donors (Lipinski definition) is 0. The van der Waals surface area contributed by atoms with E-state index in [4.69, 9.17) is 20.0 Å². The number of fused-ring (bicyclic) bond motifs is 2. The average Bonchev–Trinajstić information content (AvgIpc) is 3.33. The molecule has 2 aliphatic carbocycles. The predicted octanol–water partition coefficient (Wildman–Crippen LogP) is 5.91. The summed E-state index contributed by atoms with van der Waals surface area (Å²) in [4.78, 5) is 12.5. The van der Waals surface area contributed by atoms with Crippen LogP contribution in [-0.4, -0.2) is 22.6 Å². The van der Waals surface area contributed by atoms with Crippen LogP contribution in [0.1, 0.15) is 81.1 Å². The molecule has 0 aromatic carbocycles. The highest BCUT2D eigenvalue weighted by molar-refractivity contribution is 6.00. The Labute approximate surface area is 171 Å². The lowest BCUT2D eigenvalue weighted by Crippen LogP contribution is -2.48. The van der Waals surface area contributed by atoms with Gasteiger partial charge in [0.15, 0.2) is 0 Å². The molecule has 0 saturated heterocycles.